The molecule has 0 bridgehead atoms. The van der Waals surface area contributed by atoms with Crippen molar-refractivity contribution in [1.29, 1.82) is 0 Å². The average molecular weight is 163 g/mol. The summed E-state index contributed by atoms with van der Waals surface area (Å²) in [6.45, 7) is 1.85. The fourth-order valence-corrected chi connectivity index (χ4v) is 1.41. The molecular weight excluding hydrogens is 154 g/mol. The molecule has 0 saturated carbocycles. The van der Waals surface area contributed by atoms with Crippen molar-refractivity contribution in [2.24, 2.45) is 0 Å². The molecule has 1 atom stereocenters. The van der Waals surface area contributed by atoms with Crippen LogP contribution < -0.4 is 5.32 Å². The number of phenolic OH excluding ortho intramolecular Hbond substituents is 1. The summed E-state index contributed by atoms with van der Waals surface area (Å²) in [5, 5.41) is 11.8. The zero-order valence-electron chi connectivity index (χ0n) is 6.66. The molecule has 0 saturated heterocycles. The number of aromatic hydroxyl groups is 1. The highest BCUT2D eigenvalue weighted by Gasteiger charge is 2.26. The Morgan fingerprint density at radius 1 is 1.50 bits per heavy atom. The van der Waals surface area contributed by atoms with E-state index < -0.39 is 0 Å². The summed E-state index contributed by atoms with van der Waals surface area (Å²) in [6.07, 6.45) is 0. The standard InChI is InChI=1S/C9H9NO2/c1-5-7-3-2-6(11)4-8(7)10-9(5)12/h2-5,11H,1H3,(H,10,12)/t5-/m0/s1. The van der Waals surface area contributed by atoms with Crippen LogP contribution in [-0.4, -0.2) is 11.0 Å². The Morgan fingerprint density at radius 2 is 2.25 bits per heavy atom. The van der Waals surface area contributed by atoms with E-state index in [2.05, 4.69) is 5.32 Å². The second kappa shape index (κ2) is 2.24. The van der Waals surface area contributed by atoms with Crippen LogP contribution in [0.15, 0.2) is 18.2 Å². The first kappa shape index (κ1) is 7.16. The summed E-state index contributed by atoms with van der Waals surface area (Å²) in [5.41, 5.74) is 1.69. The van der Waals surface area contributed by atoms with Gasteiger partial charge in [-0.25, -0.2) is 0 Å². The Balaban J connectivity index is 2.54. The molecule has 1 aliphatic rings. The molecule has 0 spiro atoms. The van der Waals surface area contributed by atoms with E-state index in [-0.39, 0.29) is 17.6 Å². The zero-order chi connectivity index (χ0) is 8.72. The number of phenols is 1. The molecule has 1 aliphatic heterocycles. The van der Waals surface area contributed by atoms with Crippen LogP contribution in [0.2, 0.25) is 0 Å². The molecule has 0 unspecified atom stereocenters. The minimum Gasteiger partial charge on any atom is -0.508 e. The van der Waals surface area contributed by atoms with Gasteiger partial charge >= 0.3 is 0 Å². The van der Waals surface area contributed by atoms with Crippen molar-refractivity contribution in [3.63, 3.8) is 0 Å². The third kappa shape index (κ3) is 0.863. The normalized spacial score (nSPS) is 20.4. The van der Waals surface area contributed by atoms with Crippen molar-refractivity contribution < 1.29 is 9.90 Å². The lowest BCUT2D eigenvalue weighted by molar-refractivity contribution is -0.116. The second-order valence-electron chi connectivity index (χ2n) is 2.98. The molecular formula is C9H9NO2. The van der Waals surface area contributed by atoms with Crippen LogP contribution in [0.1, 0.15) is 18.4 Å². The number of rotatable bonds is 0. The highest BCUT2D eigenvalue weighted by atomic mass is 16.3. The predicted octanol–water partition coefficient (Wildman–Crippen LogP) is 1.45. The van der Waals surface area contributed by atoms with E-state index in [1.165, 1.54) is 0 Å². The first-order valence-electron chi connectivity index (χ1n) is 3.82. The van der Waals surface area contributed by atoms with Gasteiger partial charge < -0.3 is 10.4 Å². The zero-order valence-corrected chi connectivity index (χ0v) is 6.66. The molecule has 62 valence electrons. The van der Waals surface area contributed by atoms with E-state index in [1.807, 2.05) is 6.92 Å². The highest BCUT2D eigenvalue weighted by molar-refractivity contribution is 6.02. The number of hydrogen-bond donors (Lipinski definition) is 2. The Hall–Kier alpha value is -1.51. The van der Waals surface area contributed by atoms with Crippen LogP contribution in [-0.2, 0) is 4.79 Å². The molecule has 0 aromatic heterocycles. The SMILES string of the molecule is C[C@@H]1C(=O)Nc2cc(O)ccc21. The quantitative estimate of drug-likeness (QED) is 0.608. The van der Waals surface area contributed by atoms with Crippen molar-refractivity contribution in [2.45, 2.75) is 12.8 Å². The monoisotopic (exact) mass is 163 g/mol. The lowest BCUT2D eigenvalue weighted by Gasteiger charge is -1.99. The van der Waals surface area contributed by atoms with E-state index in [4.69, 9.17) is 5.11 Å². The minimum atomic E-state index is -0.0967. The maximum Gasteiger partial charge on any atom is 0.231 e. The molecule has 0 aliphatic carbocycles. The van der Waals surface area contributed by atoms with Gasteiger partial charge in [0.25, 0.3) is 0 Å². The number of nitrogens with one attached hydrogen (secondary N) is 1. The topological polar surface area (TPSA) is 49.3 Å². The van der Waals surface area contributed by atoms with Gasteiger partial charge in [-0.2, -0.15) is 0 Å². The number of anilines is 1. The van der Waals surface area contributed by atoms with E-state index in [0.717, 1.165) is 11.3 Å². The van der Waals surface area contributed by atoms with Gasteiger partial charge in [0.15, 0.2) is 0 Å². The fraction of sp³-hybridized carbons (Fsp3) is 0.222. The third-order valence-electron chi connectivity index (χ3n) is 2.15. The first-order chi connectivity index (χ1) is 5.68. The Morgan fingerprint density at radius 3 is 3.00 bits per heavy atom. The van der Waals surface area contributed by atoms with Crippen LogP contribution in [0.5, 0.6) is 5.75 Å². The molecule has 1 heterocycles. The Labute approximate surface area is 70.0 Å². The lowest BCUT2D eigenvalue weighted by Crippen LogP contribution is -2.08. The summed E-state index contributed by atoms with van der Waals surface area (Å²) >= 11 is 0. The second-order valence-corrected chi connectivity index (χ2v) is 2.98. The van der Waals surface area contributed by atoms with Crippen LogP contribution in [0.4, 0.5) is 5.69 Å². The first-order valence-corrected chi connectivity index (χ1v) is 3.82. The molecule has 1 aromatic carbocycles. The number of carbonyl (C=O) groups excluding carboxylic acids is 1. The summed E-state index contributed by atoms with van der Waals surface area (Å²) in [5.74, 6) is 0.0827. The van der Waals surface area contributed by atoms with Crippen molar-refractivity contribution in [2.75, 3.05) is 5.32 Å². The molecule has 2 rings (SSSR count). The van der Waals surface area contributed by atoms with E-state index in [0.29, 0.717) is 0 Å². The Kier molecular flexibility index (Phi) is 1.33. The summed E-state index contributed by atoms with van der Waals surface area (Å²) < 4.78 is 0. The Bertz CT molecular complexity index is 346. The average Bonchev–Trinajstić information content (AvgIpc) is 2.28. The summed E-state index contributed by atoms with van der Waals surface area (Å²) in [6, 6.07) is 4.93. The maximum atomic E-state index is 11.1. The lowest BCUT2D eigenvalue weighted by atomic mass is 10.0. The minimum absolute atomic E-state index is 0.00407. The molecule has 12 heavy (non-hydrogen) atoms. The van der Waals surface area contributed by atoms with Gasteiger partial charge in [-0.1, -0.05) is 6.07 Å². The van der Waals surface area contributed by atoms with Crippen LogP contribution >= 0.6 is 0 Å². The predicted molar refractivity (Wildman–Crippen MR) is 45.2 cm³/mol. The number of hydrogen-bond acceptors (Lipinski definition) is 2. The summed E-state index contributed by atoms with van der Waals surface area (Å²) in [4.78, 5) is 11.1. The van der Waals surface area contributed by atoms with Crippen molar-refractivity contribution in [1.82, 2.24) is 0 Å². The molecule has 2 N–H and O–H groups in total. The van der Waals surface area contributed by atoms with Crippen molar-refractivity contribution in [3.8, 4) is 5.75 Å². The van der Waals surface area contributed by atoms with Gasteiger partial charge in [0.1, 0.15) is 5.75 Å². The number of fused-ring (bicyclic) bond motifs is 1. The van der Waals surface area contributed by atoms with Crippen molar-refractivity contribution >= 4 is 11.6 Å². The summed E-state index contributed by atoms with van der Waals surface area (Å²) in [7, 11) is 0. The van der Waals surface area contributed by atoms with Gasteiger partial charge in [0, 0.05) is 11.8 Å². The smallest absolute Gasteiger partial charge is 0.231 e. The number of amides is 1. The molecule has 0 fully saturated rings. The highest BCUT2D eigenvalue weighted by Crippen LogP contribution is 2.33. The van der Waals surface area contributed by atoms with E-state index in [1.54, 1.807) is 18.2 Å². The van der Waals surface area contributed by atoms with Crippen molar-refractivity contribution in [3.05, 3.63) is 23.8 Å². The number of benzene rings is 1. The number of carbonyl (C=O) groups is 1. The van der Waals surface area contributed by atoms with Crippen LogP contribution in [0, 0.1) is 0 Å². The van der Waals surface area contributed by atoms with Gasteiger partial charge in [0.2, 0.25) is 5.91 Å². The van der Waals surface area contributed by atoms with E-state index >= 15 is 0 Å². The largest absolute Gasteiger partial charge is 0.508 e. The van der Waals surface area contributed by atoms with Crippen LogP contribution in [0.3, 0.4) is 0 Å². The fourth-order valence-electron chi connectivity index (χ4n) is 1.41. The maximum absolute atomic E-state index is 11.1. The molecule has 3 heteroatoms. The molecule has 1 aromatic rings. The third-order valence-corrected chi connectivity index (χ3v) is 2.15. The van der Waals surface area contributed by atoms with E-state index in [9.17, 15) is 4.79 Å². The molecule has 0 radical (unpaired) electrons. The van der Waals surface area contributed by atoms with Gasteiger partial charge in [-0.3, -0.25) is 4.79 Å². The van der Waals surface area contributed by atoms with Gasteiger partial charge in [-0.15, -0.1) is 0 Å². The molecule has 1 amide bonds. The molecule has 3 nitrogen and oxygen atoms in total. The van der Waals surface area contributed by atoms with Crippen LogP contribution in [0.25, 0.3) is 0 Å². The van der Waals surface area contributed by atoms with Gasteiger partial charge in [-0.05, 0) is 18.6 Å². The van der Waals surface area contributed by atoms with Gasteiger partial charge in [0.05, 0.1) is 5.92 Å².